The molecule has 2 fully saturated rings. The third-order valence-electron chi connectivity index (χ3n) is 8.59. The second-order valence-corrected chi connectivity index (χ2v) is 12.6. The lowest BCUT2D eigenvalue weighted by atomic mass is 9.98. The van der Waals surface area contributed by atoms with Crippen LogP contribution in [0.15, 0.2) is 65.8 Å². The van der Waals surface area contributed by atoms with Gasteiger partial charge in [-0.25, -0.2) is 9.78 Å². The summed E-state index contributed by atoms with van der Waals surface area (Å²) in [5, 5.41) is 9.76. The number of thioether (sulfide) groups is 1. The number of pyridine rings is 1. The normalized spacial score (nSPS) is 24.3. The Kier molecular flexibility index (Phi) is 7.44. The highest BCUT2D eigenvalue weighted by molar-refractivity contribution is 8.01. The minimum Gasteiger partial charge on any atom is -0.457 e. The number of nitrogens with zero attached hydrogens (tertiary/aromatic N) is 3. The summed E-state index contributed by atoms with van der Waals surface area (Å²) in [6.45, 7) is 4.04. The molecule has 3 aromatic rings. The Labute approximate surface area is 254 Å². The van der Waals surface area contributed by atoms with Crippen molar-refractivity contribution in [2.45, 2.75) is 61.0 Å². The van der Waals surface area contributed by atoms with Crippen LogP contribution in [0.5, 0.6) is 11.5 Å². The van der Waals surface area contributed by atoms with Crippen LogP contribution in [0.2, 0.25) is 0 Å². The molecule has 0 radical (unpaired) electrons. The van der Waals surface area contributed by atoms with Gasteiger partial charge >= 0.3 is 6.03 Å². The second-order valence-electron chi connectivity index (χ2n) is 11.5. The number of hydrogen-bond acceptors (Lipinski definition) is 7. The van der Waals surface area contributed by atoms with E-state index in [-0.39, 0.29) is 29.9 Å². The molecule has 4 aliphatic heterocycles. The monoisotopic (exact) mass is 598 g/mol. The quantitative estimate of drug-likeness (QED) is 0.385. The number of nitrogens with one attached hydrogen (secondary N) is 3. The predicted molar refractivity (Wildman–Crippen MR) is 164 cm³/mol. The summed E-state index contributed by atoms with van der Waals surface area (Å²) in [7, 11) is 0. The average Bonchev–Trinajstić information content (AvgIpc) is 3.68. The maximum absolute atomic E-state index is 13.7. The molecule has 2 saturated heterocycles. The summed E-state index contributed by atoms with van der Waals surface area (Å²) in [5.74, 6) is 1.39. The van der Waals surface area contributed by atoms with E-state index >= 15 is 0 Å². The van der Waals surface area contributed by atoms with Crippen molar-refractivity contribution in [2.75, 3.05) is 24.5 Å². The van der Waals surface area contributed by atoms with Crippen LogP contribution in [0.3, 0.4) is 0 Å². The van der Waals surface area contributed by atoms with Gasteiger partial charge in [-0.15, -0.1) is 0 Å². The predicted octanol–water partition coefficient (Wildman–Crippen LogP) is 4.42. The zero-order valence-electron chi connectivity index (χ0n) is 23.9. The third kappa shape index (κ3) is 5.31. The number of aromatic nitrogens is 1. The molecule has 10 nitrogen and oxygen atoms in total. The molecule has 2 unspecified atom stereocenters. The van der Waals surface area contributed by atoms with Gasteiger partial charge in [0.2, 0.25) is 11.8 Å². The molecule has 0 saturated carbocycles. The fraction of sp³-hybridized carbons (Fsp3) is 0.375. The van der Waals surface area contributed by atoms with Crippen LogP contribution >= 0.6 is 11.8 Å². The van der Waals surface area contributed by atoms with E-state index in [0.717, 1.165) is 65.5 Å². The summed E-state index contributed by atoms with van der Waals surface area (Å²) in [5.41, 5.74) is 3.17. The Morgan fingerprint density at radius 2 is 1.91 bits per heavy atom. The summed E-state index contributed by atoms with van der Waals surface area (Å²) in [6, 6.07) is 16.0. The van der Waals surface area contributed by atoms with Crippen LogP contribution in [0.4, 0.5) is 16.2 Å². The molecule has 1 aromatic heterocycles. The van der Waals surface area contributed by atoms with Gasteiger partial charge in [0, 0.05) is 30.9 Å². The lowest BCUT2D eigenvalue weighted by Crippen LogP contribution is -2.55. The summed E-state index contributed by atoms with van der Waals surface area (Å²) < 4.78 is 5.99. The summed E-state index contributed by atoms with van der Waals surface area (Å²) in [6.07, 6.45) is 5.22. The number of para-hydroxylation sites is 1. The smallest absolute Gasteiger partial charge is 0.327 e. The van der Waals surface area contributed by atoms with Gasteiger partial charge in [0.05, 0.1) is 23.5 Å². The van der Waals surface area contributed by atoms with Crippen molar-refractivity contribution >= 4 is 41.0 Å². The van der Waals surface area contributed by atoms with Crippen molar-refractivity contribution in [3.05, 3.63) is 71.9 Å². The van der Waals surface area contributed by atoms with Crippen LogP contribution in [0.1, 0.15) is 42.9 Å². The number of likely N-dealkylation sites (tertiary alicyclic amines) is 1. The summed E-state index contributed by atoms with van der Waals surface area (Å²) in [4.78, 5) is 48.4. The standard InChI is InChI=1S/C32H34N6O4S/c1-19-17-22(42-21-8-3-2-4-9-21)11-12-24(19)38-25-13-15-34-30-26(25)27(36-32(38)41)28(43-30)29(39)35-20-7-6-16-37(18-20)31(40)23-10-5-14-33-23/h2-4,8-9,11-13,15,17,20,23,27-28,33H,5-7,10,14,16,18H2,1H3,(H,35,39)(H,36,41)/t20-,23+,27?,28?/m1/s1. The van der Waals surface area contributed by atoms with Gasteiger partial charge in [0.25, 0.3) is 0 Å². The first kappa shape index (κ1) is 27.7. The van der Waals surface area contributed by atoms with Gasteiger partial charge in [-0.3, -0.25) is 14.5 Å². The van der Waals surface area contributed by atoms with Gasteiger partial charge in [0.15, 0.2) is 0 Å². The van der Waals surface area contributed by atoms with E-state index in [1.54, 1.807) is 11.1 Å². The van der Waals surface area contributed by atoms with Crippen molar-refractivity contribution in [1.29, 1.82) is 0 Å². The molecule has 0 spiro atoms. The van der Waals surface area contributed by atoms with Crippen LogP contribution in [0.25, 0.3) is 0 Å². The van der Waals surface area contributed by atoms with Gasteiger partial charge in [-0.2, -0.15) is 0 Å². The zero-order valence-corrected chi connectivity index (χ0v) is 24.7. The van der Waals surface area contributed by atoms with Gasteiger partial charge in [-0.05, 0) is 81.1 Å². The topological polar surface area (TPSA) is 116 Å². The van der Waals surface area contributed by atoms with Crippen LogP contribution in [-0.2, 0) is 9.59 Å². The fourth-order valence-corrected chi connectivity index (χ4v) is 7.76. The molecule has 222 valence electrons. The number of urea groups is 1. The zero-order chi connectivity index (χ0) is 29.5. The summed E-state index contributed by atoms with van der Waals surface area (Å²) >= 11 is 1.38. The lowest BCUT2D eigenvalue weighted by molar-refractivity contribution is -0.135. The molecular formula is C32H34N6O4S. The number of piperidine rings is 1. The van der Waals surface area contributed by atoms with E-state index in [0.29, 0.717) is 18.8 Å². The Morgan fingerprint density at radius 1 is 1.05 bits per heavy atom. The molecular weight excluding hydrogens is 564 g/mol. The van der Waals surface area contributed by atoms with E-state index in [1.807, 2.05) is 66.4 Å². The molecule has 4 amide bonds. The Bertz CT molecular complexity index is 1560. The maximum atomic E-state index is 13.7. The minimum absolute atomic E-state index is 0.115. The number of carbonyl (C=O) groups excluding carboxylic acids is 3. The van der Waals surface area contributed by atoms with Crippen LogP contribution < -0.4 is 25.6 Å². The number of anilines is 2. The number of amides is 4. The van der Waals surface area contributed by atoms with Crippen molar-refractivity contribution in [2.24, 2.45) is 0 Å². The van der Waals surface area contributed by atoms with Crippen molar-refractivity contribution in [1.82, 2.24) is 25.8 Å². The molecule has 11 heteroatoms. The number of hydrogen-bond donors (Lipinski definition) is 3. The van der Waals surface area contributed by atoms with E-state index in [2.05, 4.69) is 20.9 Å². The van der Waals surface area contributed by atoms with Crippen molar-refractivity contribution in [3.63, 3.8) is 0 Å². The number of aryl methyl sites for hydroxylation is 1. The largest absolute Gasteiger partial charge is 0.457 e. The van der Waals surface area contributed by atoms with Gasteiger partial charge < -0.3 is 25.6 Å². The highest BCUT2D eigenvalue weighted by Crippen LogP contribution is 2.51. The number of benzene rings is 2. The molecule has 43 heavy (non-hydrogen) atoms. The van der Waals surface area contributed by atoms with E-state index < -0.39 is 11.3 Å². The SMILES string of the molecule is Cc1cc(Oc2ccccc2)ccc1N1C(=O)NC2c3c1ccnc3SC2C(=O)N[C@@H]1CCCN(C(=O)[C@@H]2CCCN2)C1. The van der Waals surface area contributed by atoms with Gasteiger partial charge in [-0.1, -0.05) is 30.0 Å². The molecule has 4 aliphatic rings. The fourth-order valence-electron chi connectivity index (χ4n) is 6.53. The first-order chi connectivity index (χ1) is 21.0. The maximum Gasteiger partial charge on any atom is 0.327 e. The number of rotatable bonds is 6. The third-order valence-corrected chi connectivity index (χ3v) is 9.88. The van der Waals surface area contributed by atoms with Crippen molar-refractivity contribution < 1.29 is 19.1 Å². The molecule has 3 N–H and O–H groups in total. The highest BCUT2D eigenvalue weighted by atomic mass is 32.2. The first-order valence-corrected chi connectivity index (χ1v) is 15.8. The molecule has 5 heterocycles. The highest BCUT2D eigenvalue weighted by Gasteiger charge is 2.47. The molecule has 2 aromatic carbocycles. The molecule has 0 bridgehead atoms. The van der Waals surface area contributed by atoms with Crippen LogP contribution in [-0.4, -0.2) is 64.7 Å². The van der Waals surface area contributed by atoms with Crippen molar-refractivity contribution in [3.8, 4) is 11.5 Å². The lowest BCUT2D eigenvalue weighted by Gasteiger charge is -2.36. The Balaban J connectivity index is 1.08. The van der Waals surface area contributed by atoms with E-state index in [1.165, 1.54) is 11.8 Å². The Morgan fingerprint density at radius 3 is 2.70 bits per heavy atom. The van der Waals surface area contributed by atoms with Gasteiger partial charge in [0.1, 0.15) is 21.8 Å². The molecule has 4 atom stereocenters. The number of carbonyl (C=O) groups is 3. The Hall–Kier alpha value is -4.09. The molecule has 7 rings (SSSR count). The molecule has 0 aliphatic carbocycles. The second kappa shape index (κ2) is 11.5. The minimum atomic E-state index is -0.555. The van der Waals surface area contributed by atoms with E-state index in [4.69, 9.17) is 4.74 Å². The van der Waals surface area contributed by atoms with E-state index in [9.17, 15) is 14.4 Å². The number of ether oxygens (including phenoxy) is 1. The average molecular weight is 599 g/mol. The first-order valence-electron chi connectivity index (χ1n) is 14.9. The van der Waals surface area contributed by atoms with Crippen LogP contribution in [0, 0.1) is 6.92 Å².